The number of nitrogens with zero attached hydrogens (tertiary/aromatic N) is 4. The van der Waals surface area contributed by atoms with Gasteiger partial charge in [-0.25, -0.2) is 9.67 Å². The van der Waals surface area contributed by atoms with Crippen LogP contribution in [0, 0.1) is 0 Å². The van der Waals surface area contributed by atoms with Crippen molar-refractivity contribution in [2.45, 2.75) is 33.2 Å². The van der Waals surface area contributed by atoms with E-state index in [0.717, 1.165) is 36.6 Å². The van der Waals surface area contributed by atoms with Gasteiger partial charge in [-0.15, -0.1) is 0 Å². The predicted octanol–water partition coefficient (Wildman–Crippen LogP) is 1.51. The lowest BCUT2D eigenvalue weighted by atomic mass is 10.3. The van der Waals surface area contributed by atoms with Crippen LogP contribution in [0.5, 0.6) is 0 Å². The van der Waals surface area contributed by atoms with E-state index in [9.17, 15) is 0 Å². The molecule has 5 heteroatoms. The van der Waals surface area contributed by atoms with Crippen molar-refractivity contribution in [2.75, 3.05) is 7.05 Å². The Kier molecular flexibility index (Phi) is 4.04. The molecule has 0 radical (unpaired) electrons. The molecule has 0 unspecified atom stereocenters. The van der Waals surface area contributed by atoms with Gasteiger partial charge in [0.2, 0.25) is 0 Å². The van der Waals surface area contributed by atoms with Gasteiger partial charge in [-0.2, -0.15) is 5.10 Å². The first-order chi connectivity index (χ1) is 8.78. The summed E-state index contributed by atoms with van der Waals surface area (Å²) in [6.07, 6.45) is 5.44. The lowest BCUT2D eigenvalue weighted by Crippen LogP contribution is -2.09. The minimum Gasteiger partial charge on any atom is -0.314 e. The van der Waals surface area contributed by atoms with Crippen LogP contribution in [0.2, 0.25) is 0 Å². The molecule has 2 aromatic rings. The van der Waals surface area contributed by atoms with Crippen LogP contribution >= 0.6 is 0 Å². The van der Waals surface area contributed by atoms with Crippen LogP contribution in [0.4, 0.5) is 0 Å². The van der Waals surface area contributed by atoms with Crippen molar-refractivity contribution in [3.8, 4) is 5.82 Å². The van der Waals surface area contributed by atoms with Crippen LogP contribution in [0.15, 0.2) is 18.5 Å². The van der Waals surface area contributed by atoms with Crippen LogP contribution in [0.1, 0.15) is 30.9 Å². The van der Waals surface area contributed by atoms with E-state index in [2.05, 4.69) is 40.3 Å². The van der Waals surface area contributed by atoms with Gasteiger partial charge in [0.25, 0.3) is 0 Å². The van der Waals surface area contributed by atoms with Gasteiger partial charge in [0.05, 0.1) is 23.8 Å². The van der Waals surface area contributed by atoms with Gasteiger partial charge in [0.1, 0.15) is 0 Å². The van der Waals surface area contributed by atoms with Crippen molar-refractivity contribution < 1.29 is 0 Å². The average Bonchev–Trinajstić information content (AvgIpc) is 2.83. The maximum absolute atomic E-state index is 4.54. The van der Waals surface area contributed by atoms with Crippen LogP contribution in [-0.4, -0.2) is 26.8 Å². The summed E-state index contributed by atoms with van der Waals surface area (Å²) in [5.41, 5.74) is 3.19. The highest BCUT2D eigenvalue weighted by molar-refractivity contribution is 5.24. The fourth-order valence-electron chi connectivity index (χ4n) is 1.83. The number of aromatic nitrogens is 4. The molecule has 0 spiro atoms. The SMILES string of the molecule is CCc1cc(CC)n(-c2cnc(CNC)cn2)n1. The molecule has 96 valence electrons. The smallest absolute Gasteiger partial charge is 0.172 e. The second-order valence-corrected chi connectivity index (χ2v) is 4.14. The number of nitrogens with one attached hydrogen (secondary N) is 1. The van der Waals surface area contributed by atoms with Crippen LogP contribution < -0.4 is 5.32 Å². The van der Waals surface area contributed by atoms with Crippen molar-refractivity contribution in [3.05, 3.63) is 35.5 Å². The van der Waals surface area contributed by atoms with E-state index in [1.165, 1.54) is 5.69 Å². The largest absolute Gasteiger partial charge is 0.314 e. The summed E-state index contributed by atoms with van der Waals surface area (Å²) in [6, 6.07) is 2.13. The topological polar surface area (TPSA) is 55.6 Å². The summed E-state index contributed by atoms with van der Waals surface area (Å²) in [4.78, 5) is 8.79. The maximum atomic E-state index is 4.54. The molecule has 1 N–H and O–H groups in total. The fraction of sp³-hybridized carbons (Fsp3) is 0.462. The molecule has 0 aliphatic rings. The van der Waals surface area contributed by atoms with E-state index in [0.29, 0.717) is 0 Å². The van der Waals surface area contributed by atoms with Crippen LogP contribution in [0.25, 0.3) is 5.82 Å². The molecule has 0 amide bonds. The van der Waals surface area contributed by atoms with Gasteiger partial charge in [-0.1, -0.05) is 13.8 Å². The van der Waals surface area contributed by atoms with Gasteiger partial charge >= 0.3 is 0 Å². The minimum absolute atomic E-state index is 0.729. The lowest BCUT2D eigenvalue weighted by Gasteiger charge is -2.05. The zero-order chi connectivity index (χ0) is 13.0. The zero-order valence-electron chi connectivity index (χ0n) is 11.1. The Morgan fingerprint density at radius 2 is 1.94 bits per heavy atom. The van der Waals surface area contributed by atoms with E-state index in [-0.39, 0.29) is 0 Å². The third kappa shape index (κ3) is 2.56. The molecular weight excluding hydrogens is 226 g/mol. The summed E-state index contributed by atoms with van der Waals surface area (Å²) in [6.45, 7) is 4.96. The molecule has 5 nitrogen and oxygen atoms in total. The third-order valence-corrected chi connectivity index (χ3v) is 2.82. The highest BCUT2D eigenvalue weighted by atomic mass is 15.3. The molecule has 0 atom stereocenters. The summed E-state index contributed by atoms with van der Waals surface area (Å²) >= 11 is 0. The van der Waals surface area contributed by atoms with E-state index >= 15 is 0 Å². The quantitative estimate of drug-likeness (QED) is 0.867. The van der Waals surface area contributed by atoms with E-state index in [1.54, 1.807) is 12.4 Å². The van der Waals surface area contributed by atoms with Gasteiger partial charge in [0.15, 0.2) is 5.82 Å². The molecule has 2 aromatic heterocycles. The summed E-state index contributed by atoms with van der Waals surface area (Å²) in [5, 5.41) is 7.60. The standard InChI is InChI=1S/C13H19N5/c1-4-10-6-12(5-2)18(17-10)13-9-15-11(7-14-3)8-16-13/h6,8-9,14H,4-5,7H2,1-3H3. The summed E-state index contributed by atoms with van der Waals surface area (Å²) < 4.78 is 1.88. The molecular formula is C13H19N5. The monoisotopic (exact) mass is 245 g/mol. The van der Waals surface area contributed by atoms with Crippen molar-refractivity contribution in [1.82, 2.24) is 25.1 Å². The van der Waals surface area contributed by atoms with Gasteiger partial charge < -0.3 is 5.32 Å². The Labute approximate surface area is 107 Å². The first-order valence-electron chi connectivity index (χ1n) is 6.32. The minimum atomic E-state index is 0.729. The molecule has 2 heterocycles. The van der Waals surface area contributed by atoms with Crippen molar-refractivity contribution in [3.63, 3.8) is 0 Å². The molecule has 0 aliphatic carbocycles. The number of rotatable bonds is 5. The Balaban J connectivity index is 2.32. The lowest BCUT2D eigenvalue weighted by molar-refractivity contribution is 0.746. The van der Waals surface area contributed by atoms with Gasteiger partial charge in [-0.05, 0) is 26.0 Å². The van der Waals surface area contributed by atoms with Crippen LogP contribution in [0.3, 0.4) is 0 Å². The van der Waals surface area contributed by atoms with Crippen molar-refractivity contribution in [2.24, 2.45) is 0 Å². The van der Waals surface area contributed by atoms with Gasteiger partial charge in [-0.3, -0.25) is 4.98 Å². The molecule has 18 heavy (non-hydrogen) atoms. The first-order valence-corrected chi connectivity index (χ1v) is 6.32. The predicted molar refractivity (Wildman–Crippen MR) is 70.7 cm³/mol. The zero-order valence-corrected chi connectivity index (χ0v) is 11.1. The Hall–Kier alpha value is -1.75. The molecule has 0 aromatic carbocycles. The van der Waals surface area contributed by atoms with E-state index in [1.807, 2.05) is 11.7 Å². The first kappa shape index (κ1) is 12.7. The Bertz CT molecular complexity index is 501. The number of aryl methyl sites for hydroxylation is 2. The van der Waals surface area contributed by atoms with Crippen molar-refractivity contribution in [1.29, 1.82) is 0 Å². The van der Waals surface area contributed by atoms with E-state index < -0.39 is 0 Å². The molecule has 0 fully saturated rings. The molecule has 0 saturated heterocycles. The summed E-state index contributed by atoms with van der Waals surface area (Å²) in [5.74, 6) is 0.784. The second-order valence-electron chi connectivity index (χ2n) is 4.14. The molecule has 0 aliphatic heterocycles. The molecule has 0 saturated carbocycles. The normalized spacial score (nSPS) is 10.8. The highest BCUT2D eigenvalue weighted by Crippen LogP contribution is 2.11. The number of hydrogen-bond donors (Lipinski definition) is 1. The highest BCUT2D eigenvalue weighted by Gasteiger charge is 2.08. The maximum Gasteiger partial charge on any atom is 0.172 e. The Morgan fingerprint density at radius 3 is 2.50 bits per heavy atom. The van der Waals surface area contributed by atoms with Crippen LogP contribution in [-0.2, 0) is 19.4 Å². The number of hydrogen-bond acceptors (Lipinski definition) is 4. The Morgan fingerprint density at radius 1 is 1.11 bits per heavy atom. The van der Waals surface area contributed by atoms with Crippen molar-refractivity contribution >= 4 is 0 Å². The molecule has 2 rings (SSSR count). The fourth-order valence-corrected chi connectivity index (χ4v) is 1.83. The van der Waals surface area contributed by atoms with Gasteiger partial charge in [0, 0.05) is 12.2 Å². The van der Waals surface area contributed by atoms with E-state index in [4.69, 9.17) is 0 Å². The molecule has 0 bridgehead atoms. The average molecular weight is 245 g/mol. The second kappa shape index (κ2) is 5.73. The third-order valence-electron chi connectivity index (χ3n) is 2.82. The summed E-state index contributed by atoms with van der Waals surface area (Å²) in [7, 11) is 1.89.